The van der Waals surface area contributed by atoms with Crippen LogP contribution in [0.4, 0.5) is 0 Å². The first-order chi connectivity index (χ1) is 7.68. The fraction of sp³-hybridized carbons (Fsp3) is 0.750. The fourth-order valence-electron chi connectivity index (χ4n) is 1.03. The summed E-state index contributed by atoms with van der Waals surface area (Å²) in [4.78, 5) is 10.6. The van der Waals surface area contributed by atoms with Crippen molar-refractivity contribution in [1.29, 1.82) is 0 Å². The molecule has 0 bridgehead atoms. The van der Waals surface area contributed by atoms with Crippen molar-refractivity contribution < 1.29 is 4.79 Å². The molecule has 1 aromatic rings. The maximum absolute atomic E-state index is 10.6. The van der Waals surface area contributed by atoms with Gasteiger partial charge in [0.05, 0.1) is 5.69 Å². The summed E-state index contributed by atoms with van der Waals surface area (Å²) in [6, 6.07) is 0. The van der Waals surface area contributed by atoms with Crippen LogP contribution in [-0.2, 0) is 18.3 Å². The minimum Gasteiger partial charge on any atom is -0.300 e. The number of ketones is 1. The molecule has 0 amide bonds. The van der Waals surface area contributed by atoms with Gasteiger partial charge in [0.2, 0.25) is 0 Å². The first-order valence-corrected chi connectivity index (χ1v) is 6.03. The third kappa shape index (κ3) is 9.37. The van der Waals surface area contributed by atoms with Crippen molar-refractivity contribution in [3.63, 3.8) is 0 Å². The molecule has 0 aliphatic carbocycles. The number of Topliss-reactive ketones (excluding diaryl/α,β-unsaturated/α-hetero) is 1. The van der Waals surface area contributed by atoms with Crippen molar-refractivity contribution in [1.82, 2.24) is 15.0 Å². The first-order valence-electron chi connectivity index (χ1n) is 6.03. The molecule has 16 heavy (non-hydrogen) atoms. The van der Waals surface area contributed by atoms with Crippen LogP contribution in [0, 0.1) is 0 Å². The zero-order valence-electron chi connectivity index (χ0n) is 11.4. The Bertz CT molecular complexity index is 269. The summed E-state index contributed by atoms with van der Waals surface area (Å²) < 4.78 is 1.67. The molecule has 1 aromatic heterocycles. The largest absolute Gasteiger partial charge is 0.300 e. The van der Waals surface area contributed by atoms with E-state index in [1.54, 1.807) is 11.6 Å². The Kier molecular flexibility index (Phi) is 12.8. The Hall–Kier alpha value is -1.19. The second kappa shape index (κ2) is 11.9. The van der Waals surface area contributed by atoms with Gasteiger partial charge in [0.15, 0.2) is 0 Å². The van der Waals surface area contributed by atoms with Crippen LogP contribution in [0.15, 0.2) is 6.20 Å². The zero-order valence-corrected chi connectivity index (χ0v) is 11.4. The van der Waals surface area contributed by atoms with Gasteiger partial charge in [-0.15, -0.1) is 5.10 Å². The van der Waals surface area contributed by atoms with E-state index >= 15 is 0 Å². The molecule has 0 N–H and O–H groups in total. The molecule has 1 rings (SSSR count). The molecular weight excluding hydrogens is 202 g/mol. The molecule has 0 saturated carbocycles. The number of hydrogen-bond acceptors (Lipinski definition) is 3. The summed E-state index contributed by atoms with van der Waals surface area (Å²) in [5.74, 6) is 0.235. The van der Waals surface area contributed by atoms with Crippen LogP contribution >= 0.6 is 0 Å². The summed E-state index contributed by atoms with van der Waals surface area (Å²) in [6.07, 6.45) is 4.22. The van der Waals surface area contributed by atoms with Crippen molar-refractivity contribution in [3.8, 4) is 0 Å². The van der Waals surface area contributed by atoms with Crippen LogP contribution in [0.25, 0.3) is 0 Å². The molecule has 94 valence electrons. The van der Waals surface area contributed by atoms with Crippen molar-refractivity contribution >= 4 is 5.78 Å². The topological polar surface area (TPSA) is 47.8 Å². The molecule has 0 aromatic carbocycles. The SMILES string of the molecule is CC.CC.CC(=O)CCCc1cn(C)nn1. The van der Waals surface area contributed by atoms with Gasteiger partial charge < -0.3 is 4.79 Å². The van der Waals surface area contributed by atoms with E-state index in [0.29, 0.717) is 6.42 Å². The number of carbonyl (C=O) groups is 1. The standard InChI is InChI=1S/C8H13N3O.2C2H6/c1-7(12)4-3-5-8-6-11(2)10-9-8;2*1-2/h6H,3-5H2,1-2H3;2*1-2H3. The van der Waals surface area contributed by atoms with E-state index in [0.717, 1.165) is 18.5 Å². The predicted molar refractivity (Wildman–Crippen MR) is 67.3 cm³/mol. The molecule has 4 nitrogen and oxygen atoms in total. The Balaban J connectivity index is 0. The third-order valence-corrected chi connectivity index (χ3v) is 1.61. The normalized spacial score (nSPS) is 8.38. The third-order valence-electron chi connectivity index (χ3n) is 1.61. The van der Waals surface area contributed by atoms with Crippen molar-refractivity contribution in [2.75, 3.05) is 0 Å². The highest BCUT2D eigenvalue weighted by atomic mass is 16.1. The van der Waals surface area contributed by atoms with Gasteiger partial charge in [0.1, 0.15) is 5.78 Å². The van der Waals surface area contributed by atoms with E-state index in [-0.39, 0.29) is 5.78 Å². The number of rotatable bonds is 4. The Morgan fingerprint density at radius 3 is 2.25 bits per heavy atom. The molecule has 1 heterocycles. The van der Waals surface area contributed by atoms with Crippen molar-refractivity contribution in [3.05, 3.63) is 11.9 Å². The van der Waals surface area contributed by atoms with Gasteiger partial charge >= 0.3 is 0 Å². The van der Waals surface area contributed by atoms with E-state index in [1.807, 2.05) is 40.9 Å². The molecule has 0 radical (unpaired) electrons. The molecular formula is C12H25N3O. The first kappa shape index (κ1) is 17.2. The number of aryl methyl sites for hydroxylation is 2. The number of carbonyl (C=O) groups excluding carboxylic acids is 1. The van der Waals surface area contributed by atoms with Crippen molar-refractivity contribution in [2.24, 2.45) is 7.05 Å². The average molecular weight is 227 g/mol. The lowest BCUT2D eigenvalue weighted by Crippen LogP contribution is -1.92. The van der Waals surface area contributed by atoms with Gasteiger partial charge in [0.25, 0.3) is 0 Å². The highest BCUT2D eigenvalue weighted by Crippen LogP contribution is 2.00. The van der Waals surface area contributed by atoms with Gasteiger partial charge in [-0.05, 0) is 19.8 Å². The highest BCUT2D eigenvalue weighted by Gasteiger charge is 1.99. The average Bonchev–Trinajstić information content (AvgIpc) is 2.70. The number of nitrogens with zero attached hydrogens (tertiary/aromatic N) is 3. The minimum absolute atomic E-state index is 0.235. The maximum atomic E-state index is 10.6. The Morgan fingerprint density at radius 1 is 1.31 bits per heavy atom. The van der Waals surface area contributed by atoms with Crippen LogP contribution < -0.4 is 0 Å². The Labute approximate surface area is 99.0 Å². The lowest BCUT2D eigenvalue weighted by Gasteiger charge is -1.92. The van der Waals surface area contributed by atoms with E-state index in [9.17, 15) is 4.79 Å². The molecule has 0 saturated heterocycles. The second-order valence-electron chi connectivity index (χ2n) is 2.94. The summed E-state index contributed by atoms with van der Waals surface area (Å²) in [5, 5.41) is 7.71. The van der Waals surface area contributed by atoms with Crippen LogP contribution in [0.1, 0.15) is 53.2 Å². The van der Waals surface area contributed by atoms with Gasteiger partial charge in [-0.3, -0.25) is 4.68 Å². The molecule has 0 atom stereocenters. The number of aromatic nitrogens is 3. The lowest BCUT2D eigenvalue weighted by molar-refractivity contribution is -0.117. The fourth-order valence-corrected chi connectivity index (χ4v) is 1.03. The van der Waals surface area contributed by atoms with Crippen LogP contribution in [-0.4, -0.2) is 20.8 Å². The van der Waals surface area contributed by atoms with E-state index in [4.69, 9.17) is 0 Å². The lowest BCUT2D eigenvalue weighted by atomic mass is 10.1. The second-order valence-corrected chi connectivity index (χ2v) is 2.94. The molecule has 0 unspecified atom stereocenters. The molecule has 0 aliphatic heterocycles. The molecule has 0 fully saturated rings. The van der Waals surface area contributed by atoms with E-state index < -0.39 is 0 Å². The van der Waals surface area contributed by atoms with E-state index in [1.165, 1.54) is 0 Å². The maximum Gasteiger partial charge on any atom is 0.129 e. The molecule has 4 heteroatoms. The Morgan fingerprint density at radius 2 is 1.88 bits per heavy atom. The van der Waals surface area contributed by atoms with Gasteiger partial charge in [-0.25, -0.2) is 0 Å². The summed E-state index contributed by atoms with van der Waals surface area (Å²) in [5.41, 5.74) is 0.957. The van der Waals surface area contributed by atoms with Gasteiger partial charge in [0, 0.05) is 19.7 Å². The van der Waals surface area contributed by atoms with Crippen LogP contribution in [0.3, 0.4) is 0 Å². The molecule has 0 spiro atoms. The summed E-state index contributed by atoms with van der Waals surface area (Å²) >= 11 is 0. The molecule has 0 aliphatic rings. The zero-order chi connectivity index (χ0) is 13.0. The number of hydrogen-bond donors (Lipinski definition) is 0. The highest BCUT2D eigenvalue weighted by molar-refractivity contribution is 5.75. The summed E-state index contributed by atoms with van der Waals surface area (Å²) in [6.45, 7) is 9.61. The summed E-state index contributed by atoms with van der Waals surface area (Å²) in [7, 11) is 1.83. The predicted octanol–water partition coefficient (Wildman–Crippen LogP) is 2.78. The van der Waals surface area contributed by atoms with Gasteiger partial charge in [-0.2, -0.15) is 0 Å². The smallest absolute Gasteiger partial charge is 0.129 e. The minimum atomic E-state index is 0.235. The van der Waals surface area contributed by atoms with Gasteiger partial charge in [-0.1, -0.05) is 32.9 Å². The van der Waals surface area contributed by atoms with Crippen LogP contribution in [0.5, 0.6) is 0 Å². The monoisotopic (exact) mass is 227 g/mol. The van der Waals surface area contributed by atoms with Crippen LogP contribution in [0.2, 0.25) is 0 Å². The van der Waals surface area contributed by atoms with Crippen molar-refractivity contribution in [2.45, 2.75) is 53.9 Å². The van der Waals surface area contributed by atoms with E-state index in [2.05, 4.69) is 10.3 Å². The quantitative estimate of drug-likeness (QED) is 0.794.